The molecule has 2 atom stereocenters. The van der Waals surface area contributed by atoms with Crippen molar-refractivity contribution in [1.82, 2.24) is 4.90 Å². The first-order valence-corrected chi connectivity index (χ1v) is 7.50. The number of amides is 1. The number of aliphatic hydroxyl groups excluding tert-OH is 1. The van der Waals surface area contributed by atoms with Crippen molar-refractivity contribution in [1.29, 1.82) is 0 Å². The molecule has 1 aromatic carbocycles. The maximum Gasteiger partial charge on any atom is 0.223 e. The Bertz CT molecular complexity index is 574. The summed E-state index contributed by atoms with van der Waals surface area (Å²) < 4.78 is 13.8. The molecule has 2 saturated heterocycles. The summed E-state index contributed by atoms with van der Waals surface area (Å²) in [6.45, 7) is 5.59. The number of rotatable bonds is 2. The van der Waals surface area contributed by atoms with Crippen LogP contribution in [0.25, 0.3) is 0 Å². The summed E-state index contributed by atoms with van der Waals surface area (Å²) in [5.41, 5.74) is 2.10. The van der Waals surface area contributed by atoms with E-state index in [0.717, 1.165) is 25.2 Å². The van der Waals surface area contributed by atoms with Gasteiger partial charge in [0.25, 0.3) is 0 Å². The van der Waals surface area contributed by atoms with Crippen LogP contribution in [-0.2, 0) is 4.79 Å². The van der Waals surface area contributed by atoms with Crippen LogP contribution in [0.4, 0.5) is 10.1 Å². The molecule has 1 aromatic rings. The number of halogens is 1. The Morgan fingerprint density at radius 3 is 2.86 bits per heavy atom. The molecule has 21 heavy (non-hydrogen) atoms. The number of hydrogen-bond acceptors (Lipinski definition) is 3. The highest BCUT2D eigenvalue weighted by molar-refractivity contribution is 5.79. The molecule has 0 aliphatic carbocycles. The van der Waals surface area contributed by atoms with Crippen LogP contribution >= 0.6 is 0 Å². The molecule has 114 valence electrons. The van der Waals surface area contributed by atoms with Crippen molar-refractivity contribution in [2.75, 3.05) is 24.5 Å². The van der Waals surface area contributed by atoms with Gasteiger partial charge in [-0.3, -0.25) is 4.79 Å². The zero-order valence-corrected chi connectivity index (χ0v) is 12.5. The number of anilines is 1. The van der Waals surface area contributed by atoms with Gasteiger partial charge in [-0.1, -0.05) is 0 Å². The largest absolute Gasteiger partial charge is 0.389 e. The molecule has 1 N–H and O–H groups in total. The zero-order valence-electron chi connectivity index (χ0n) is 12.5. The normalized spacial score (nSPS) is 23.4. The first-order valence-electron chi connectivity index (χ1n) is 7.50. The number of aryl methyl sites for hydroxylation is 1. The van der Waals surface area contributed by atoms with Gasteiger partial charge in [-0.15, -0.1) is 0 Å². The number of carbonyl (C=O) groups is 1. The molecule has 5 heteroatoms. The van der Waals surface area contributed by atoms with Crippen molar-refractivity contribution in [3.8, 4) is 0 Å². The average Bonchev–Trinajstić information content (AvgIpc) is 2.82. The fourth-order valence-electron chi connectivity index (χ4n) is 3.37. The van der Waals surface area contributed by atoms with Crippen LogP contribution in [0.1, 0.15) is 37.0 Å². The highest BCUT2D eigenvalue weighted by atomic mass is 19.1. The Balaban J connectivity index is 1.90. The van der Waals surface area contributed by atoms with E-state index in [1.807, 2.05) is 11.0 Å². The second-order valence-electron chi connectivity index (χ2n) is 6.06. The molecule has 2 heterocycles. The number of benzene rings is 1. The summed E-state index contributed by atoms with van der Waals surface area (Å²) in [7, 11) is 0. The summed E-state index contributed by atoms with van der Waals surface area (Å²) in [5, 5.41) is 9.92. The SMILES string of the molecule is Cc1cc(N2CCN3C(=O)CCC3C2)c([C@H](C)O)cc1F. The first kappa shape index (κ1) is 14.3. The molecule has 0 bridgehead atoms. The highest BCUT2D eigenvalue weighted by Gasteiger charge is 2.36. The van der Waals surface area contributed by atoms with E-state index in [-0.39, 0.29) is 17.8 Å². The van der Waals surface area contributed by atoms with E-state index in [4.69, 9.17) is 0 Å². The van der Waals surface area contributed by atoms with E-state index in [2.05, 4.69) is 4.90 Å². The van der Waals surface area contributed by atoms with E-state index in [0.29, 0.717) is 24.1 Å². The van der Waals surface area contributed by atoms with Crippen LogP contribution in [0.3, 0.4) is 0 Å². The molecule has 1 unspecified atom stereocenters. The minimum atomic E-state index is -0.710. The van der Waals surface area contributed by atoms with Crippen LogP contribution in [0.5, 0.6) is 0 Å². The van der Waals surface area contributed by atoms with Gasteiger partial charge in [0.05, 0.1) is 6.10 Å². The Morgan fingerprint density at radius 1 is 1.38 bits per heavy atom. The summed E-state index contributed by atoms with van der Waals surface area (Å²) in [6.07, 6.45) is 0.808. The van der Waals surface area contributed by atoms with E-state index in [1.54, 1.807) is 13.8 Å². The fourth-order valence-corrected chi connectivity index (χ4v) is 3.37. The molecule has 0 saturated carbocycles. The predicted octanol–water partition coefficient (Wildman–Crippen LogP) is 2.00. The smallest absolute Gasteiger partial charge is 0.223 e. The van der Waals surface area contributed by atoms with E-state index >= 15 is 0 Å². The Morgan fingerprint density at radius 2 is 2.14 bits per heavy atom. The number of fused-ring (bicyclic) bond motifs is 1. The second-order valence-corrected chi connectivity index (χ2v) is 6.06. The van der Waals surface area contributed by atoms with Crippen LogP contribution in [0.2, 0.25) is 0 Å². The van der Waals surface area contributed by atoms with Crippen molar-refractivity contribution in [2.24, 2.45) is 0 Å². The number of piperazine rings is 1. The maximum absolute atomic E-state index is 13.8. The standard InChI is InChI=1S/C16H21FN2O2/c1-10-7-15(13(11(2)20)8-14(10)17)18-5-6-19-12(9-18)3-4-16(19)21/h7-8,11-12,20H,3-6,9H2,1-2H3/t11-,12?/m0/s1. The van der Waals surface area contributed by atoms with Crippen LogP contribution in [-0.4, -0.2) is 41.6 Å². The number of hydrogen-bond donors (Lipinski definition) is 1. The first-order chi connectivity index (χ1) is 9.97. The Hall–Kier alpha value is -1.62. The maximum atomic E-state index is 13.8. The van der Waals surface area contributed by atoms with E-state index in [1.165, 1.54) is 6.07 Å². The van der Waals surface area contributed by atoms with E-state index < -0.39 is 6.10 Å². The van der Waals surface area contributed by atoms with Gasteiger partial charge in [0.15, 0.2) is 0 Å². The molecule has 0 aromatic heterocycles. The lowest BCUT2D eigenvalue weighted by Crippen LogP contribution is -2.51. The molecule has 2 fully saturated rings. The van der Waals surface area contributed by atoms with Gasteiger partial charge in [0.2, 0.25) is 5.91 Å². The van der Waals surface area contributed by atoms with Crippen molar-refractivity contribution in [3.63, 3.8) is 0 Å². The quantitative estimate of drug-likeness (QED) is 0.906. The van der Waals surface area contributed by atoms with Gasteiger partial charge in [-0.2, -0.15) is 0 Å². The van der Waals surface area contributed by atoms with Gasteiger partial charge in [-0.05, 0) is 38.0 Å². The minimum absolute atomic E-state index is 0.241. The van der Waals surface area contributed by atoms with Crippen molar-refractivity contribution >= 4 is 11.6 Å². The van der Waals surface area contributed by atoms with Gasteiger partial charge in [0.1, 0.15) is 5.82 Å². The molecular formula is C16H21FN2O2. The lowest BCUT2D eigenvalue weighted by atomic mass is 10.0. The van der Waals surface area contributed by atoms with Crippen molar-refractivity contribution < 1.29 is 14.3 Å². The Labute approximate surface area is 124 Å². The topological polar surface area (TPSA) is 43.8 Å². The third kappa shape index (κ3) is 2.50. The minimum Gasteiger partial charge on any atom is -0.389 e. The van der Waals surface area contributed by atoms with Crippen LogP contribution in [0.15, 0.2) is 12.1 Å². The third-order valence-corrected chi connectivity index (χ3v) is 4.59. The zero-order chi connectivity index (χ0) is 15.1. The van der Waals surface area contributed by atoms with Gasteiger partial charge in [-0.25, -0.2) is 4.39 Å². The molecule has 2 aliphatic rings. The summed E-state index contributed by atoms with van der Waals surface area (Å²) in [5.74, 6) is -0.0463. The molecule has 1 amide bonds. The molecule has 2 aliphatic heterocycles. The second kappa shape index (κ2) is 5.30. The van der Waals surface area contributed by atoms with Gasteiger partial charge >= 0.3 is 0 Å². The van der Waals surface area contributed by atoms with Crippen LogP contribution < -0.4 is 4.90 Å². The fraction of sp³-hybridized carbons (Fsp3) is 0.562. The van der Waals surface area contributed by atoms with Crippen molar-refractivity contribution in [3.05, 3.63) is 29.1 Å². The monoisotopic (exact) mass is 292 g/mol. The van der Waals surface area contributed by atoms with Gasteiger partial charge < -0.3 is 14.9 Å². The van der Waals surface area contributed by atoms with Gasteiger partial charge in [0, 0.05) is 43.3 Å². The summed E-state index contributed by atoms with van der Waals surface area (Å²) >= 11 is 0. The number of carbonyl (C=O) groups excluding carboxylic acids is 1. The highest BCUT2D eigenvalue weighted by Crippen LogP contribution is 2.32. The molecular weight excluding hydrogens is 271 g/mol. The predicted molar refractivity (Wildman–Crippen MR) is 78.7 cm³/mol. The summed E-state index contributed by atoms with van der Waals surface area (Å²) in [4.78, 5) is 15.9. The van der Waals surface area contributed by atoms with Crippen LogP contribution in [0, 0.1) is 12.7 Å². The molecule has 0 radical (unpaired) electrons. The summed E-state index contributed by atoms with van der Waals surface area (Å²) in [6, 6.07) is 3.49. The molecule has 3 rings (SSSR count). The number of aliphatic hydroxyl groups is 1. The van der Waals surface area contributed by atoms with Crippen molar-refractivity contribution in [2.45, 2.75) is 38.8 Å². The number of nitrogens with zero attached hydrogens (tertiary/aromatic N) is 2. The average molecular weight is 292 g/mol. The van der Waals surface area contributed by atoms with E-state index in [9.17, 15) is 14.3 Å². The lowest BCUT2D eigenvalue weighted by molar-refractivity contribution is -0.129. The lowest BCUT2D eigenvalue weighted by Gasteiger charge is -2.40. The molecule has 0 spiro atoms. The third-order valence-electron chi connectivity index (χ3n) is 4.59. The Kier molecular flexibility index (Phi) is 3.61. The molecule has 4 nitrogen and oxygen atoms in total.